The zero-order valence-corrected chi connectivity index (χ0v) is 22.3. The Morgan fingerprint density at radius 2 is 1.41 bits per heavy atom. The Bertz CT molecular complexity index is 806. The number of rotatable bonds is 1. The topological polar surface area (TPSA) is 37.3 Å². The minimum atomic E-state index is -0.577. The van der Waals surface area contributed by atoms with Gasteiger partial charge in [-0.25, -0.2) is 0 Å². The first-order valence-corrected chi connectivity index (χ1v) is 13.9. The average molecular weight is 443 g/mol. The Hall–Kier alpha value is -0.370. The molecular weight excluding hydrogens is 392 g/mol. The van der Waals surface area contributed by atoms with Crippen LogP contribution in [0.5, 0.6) is 0 Å². The van der Waals surface area contributed by atoms with Gasteiger partial charge < -0.3 is 5.11 Å². The molecule has 0 heterocycles. The zero-order valence-electron chi connectivity index (χ0n) is 22.3. The van der Waals surface area contributed by atoms with Crippen molar-refractivity contribution in [3.8, 4) is 0 Å². The van der Waals surface area contributed by atoms with Crippen LogP contribution in [-0.4, -0.2) is 16.5 Å². The molecule has 0 saturated heterocycles. The van der Waals surface area contributed by atoms with Crippen molar-refractivity contribution in [2.75, 3.05) is 0 Å². The summed E-state index contributed by atoms with van der Waals surface area (Å²) in [5.74, 6) is 3.26. The van der Waals surface area contributed by atoms with E-state index in [1.54, 1.807) is 0 Å². The fourth-order valence-electron chi connectivity index (χ4n) is 12.0. The lowest BCUT2D eigenvalue weighted by molar-refractivity contribution is -0.235. The van der Waals surface area contributed by atoms with Crippen molar-refractivity contribution in [3.63, 3.8) is 0 Å². The van der Waals surface area contributed by atoms with Gasteiger partial charge in [0.2, 0.25) is 0 Å². The van der Waals surface area contributed by atoms with Gasteiger partial charge >= 0.3 is 0 Å². The van der Waals surface area contributed by atoms with Gasteiger partial charge in [0, 0.05) is 12.3 Å². The highest BCUT2D eigenvalue weighted by Crippen LogP contribution is 2.77. The van der Waals surface area contributed by atoms with Crippen LogP contribution in [-0.2, 0) is 4.79 Å². The van der Waals surface area contributed by atoms with Crippen LogP contribution < -0.4 is 0 Å². The van der Waals surface area contributed by atoms with Crippen LogP contribution in [0, 0.1) is 56.7 Å². The van der Waals surface area contributed by atoms with E-state index in [4.69, 9.17) is 0 Å². The van der Waals surface area contributed by atoms with Crippen molar-refractivity contribution in [3.05, 3.63) is 0 Å². The molecule has 1 N–H and O–H groups in total. The molecule has 182 valence electrons. The lowest BCUT2D eigenvalue weighted by Crippen LogP contribution is -2.68. The second-order valence-corrected chi connectivity index (χ2v) is 15.4. The van der Waals surface area contributed by atoms with Gasteiger partial charge in [-0.1, -0.05) is 48.0 Å². The van der Waals surface area contributed by atoms with E-state index in [0.717, 1.165) is 6.42 Å². The molecule has 0 spiro atoms. The van der Waals surface area contributed by atoms with Gasteiger partial charge in [-0.15, -0.1) is 0 Å². The monoisotopic (exact) mass is 442 g/mol. The van der Waals surface area contributed by atoms with Crippen molar-refractivity contribution in [2.24, 2.45) is 56.7 Å². The number of Topliss-reactive ketones (excluding diaryl/α,β-unsaturated/α-hetero) is 1. The highest BCUT2D eigenvalue weighted by Gasteiger charge is 2.72. The summed E-state index contributed by atoms with van der Waals surface area (Å²) in [5, 5.41) is 11.0. The maximum absolute atomic E-state index is 14.0. The van der Waals surface area contributed by atoms with E-state index < -0.39 is 5.60 Å². The number of aliphatic hydroxyl groups is 1. The fourth-order valence-corrected chi connectivity index (χ4v) is 12.0. The molecular formula is C30H50O2. The number of carbonyl (C=O) groups is 1. The zero-order chi connectivity index (χ0) is 23.5. The van der Waals surface area contributed by atoms with E-state index in [2.05, 4.69) is 41.5 Å². The van der Waals surface area contributed by atoms with Gasteiger partial charge in [-0.2, -0.15) is 0 Å². The first kappa shape index (κ1) is 23.4. The van der Waals surface area contributed by atoms with Crippen LogP contribution in [0.2, 0.25) is 0 Å². The molecule has 0 aliphatic heterocycles. The summed E-state index contributed by atoms with van der Waals surface area (Å²) in [6, 6.07) is 0. The Labute approximate surface area is 197 Å². The van der Waals surface area contributed by atoms with Crippen molar-refractivity contribution in [1.82, 2.24) is 0 Å². The molecule has 32 heavy (non-hydrogen) atoms. The molecule has 5 aliphatic carbocycles. The quantitative estimate of drug-likeness (QED) is 0.458. The highest BCUT2D eigenvalue weighted by atomic mass is 16.3. The first-order valence-electron chi connectivity index (χ1n) is 13.9. The molecule has 0 amide bonds. The number of hydrogen-bond donors (Lipinski definition) is 1. The fraction of sp³-hybridized carbons (Fsp3) is 0.967. The highest BCUT2D eigenvalue weighted by molar-refractivity contribution is 5.85. The largest absolute Gasteiger partial charge is 0.390 e. The molecule has 0 radical (unpaired) electrons. The van der Waals surface area contributed by atoms with E-state index >= 15 is 0 Å². The number of carbonyl (C=O) groups excluding carboxylic acids is 1. The summed E-state index contributed by atoms with van der Waals surface area (Å²) in [7, 11) is 0. The summed E-state index contributed by atoms with van der Waals surface area (Å²) in [4.78, 5) is 14.0. The predicted molar refractivity (Wildman–Crippen MR) is 131 cm³/mol. The number of fused-ring (bicyclic) bond motifs is 7. The SMILES string of the molecule is CC(C)(O)[C@H]1CC[C@]2(C)[C@H]3CC[C@@H]4[C@@]5(C)CCCC(C)(C)[C@@H]5C(=O)C[C@@]4(C)[C@]3(C)CC[C@@H]12. The summed E-state index contributed by atoms with van der Waals surface area (Å²) in [6.07, 6.45) is 12.1. The Kier molecular flexibility index (Phi) is 4.85. The van der Waals surface area contributed by atoms with Crippen molar-refractivity contribution in [2.45, 2.75) is 125 Å². The molecule has 5 saturated carbocycles. The second-order valence-electron chi connectivity index (χ2n) is 15.4. The minimum absolute atomic E-state index is 0.118. The van der Waals surface area contributed by atoms with Crippen LogP contribution in [0.15, 0.2) is 0 Å². The first-order chi connectivity index (χ1) is 14.6. The molecule has 0 aromatic rings. The van der Waals surface area contributed by atoms with E-state index in [0.29, 0.717) is 34.9 Å². The van der Waals surface area contributed by atoms with Gasteiger partial charge in [0.15, 0.2) is 0 Å². The third-order valence-electron chi connectivity index (χ3n) is 13.2. The third kappa shape index (κ3) is 2.71. The van der Waals surface area contributed by atoms with Gasteiger partial charge in [-0.3, -0.25) is 4.79 Å². The molecule has 2 heteroatoms. The van der Waals surface area contributed by atoms with E-state index in [1.807, 2.05) is 13.8 Å². The maximum atomic E-state index is 14.0. The van der Waals surface area contributed by atoms with Gasteiger partial charge in [-0.05, 0) is 116 Å². The molecule has 0 aromatic heterocycles. The van der Waals surface area contributed by atoms with Crippen LogP contribution in [0.3, 0.4) is 0 Å². The van der Waals surface area contributed by atoms with Crippen LogP contribution >= 0.6 is 0 Å². The van der Waals surface area contributed by atoms with Crippen LogP contribution in [0.4, 0.5) is 0 Å². The normalized spacial score (nSPS) is 54.9. The van der Waals surface area contributed by atoms with Gasteiger partial charge in [0.25, 0.3) is 0 Å². The Balaban J connectivity index is 1.55. The average Bonchev–Trinajstić information content (AvgIpc) is 2.98. The lowest BCUT2D eigenvalue weighted by Gasteiger charge is -2.72. The van der Waals surface area contributed by atoms with Crippen molar-refractivity contribution < 1.29 is 9.90 Å². The molecule has 0 bridgehead atoms. The smallest absolute Gasteiger partial charge is 0.137 e. The standard InChI is InChI=1S/C30H50O2/c1-25(2)14-9-15-28(6)23-11-10-22-27(5)16-12-19(26(3,4)32)20(27)13-17-29(22,7)30(23,8)18-21(31)24(25)28/h19-20,22-24,32H,9-18H2,1-8H3/t19-,20-,22+,23+,24-,27-,28+,29+,30+/m0/s1. The molecule has 2 nitrogen and oxygen atoms in total. The molecule has 0 aromatic carbocycles. The summed E-state index contributed by atoms with van der Waals surface area (Å²) in [5.41, 5.74) is 0.416. The molecule has 9 atom stereocenters. The summed E-state index contributed by atoms with van der Waals surface area (Å²) < 4.78 is 0. The van der Waals surface area contributed by atoms with Crippen LogP contribution in [0.25, 0.3) is 0 Å². The van der Waals surface area contributed by atoms with E-state index in [1.165, 1.54) is 57.8 Å². The molecule has 0 unspecified atom stereocenters. The summed E-state index contributed by atoms with van der Waals surface area (Å²) in [6.45, 7) is 19.1. The van der Waals surface area contributed by atoms with E-state index in [-0.39, 0.29) is 27.6 Å². The van der Waals surface area contributed by atoms with Crippen molar-refractivity contribution in [1.29, 1.82) is 0 Å². The molecule has 5 fully saturated rings. The lowest BCUT2D eigenvalue weighted by atomic mass is 9.31. The predicted octanol–water partition coefficient (Wildman–Crippen LogP) is 7.43. The van der Waals surface area contributed by atoms with Gasteiger partial charge in [0.05, 0.1) is 5.60 Å². The Morgan fingerprint density at radius 3 is 2.03 bits per heavy atom. The van der Waals surface area contributed by atoms with Gasteiger partial charge in [0.1, 0.15) is 5.78 Å². The van der Waals surface area contributed by atoms with Crippen LogP contribution in [0.1, 0.15) is 120 Å². The Morgan fingerprint density at radius 1 is 0.781 bits per heavy atom. The minimum Gasteiger partial charge on any atom is -0.390 e. The summed E-state index contributed by atoms with van der Waals surface area (Å²) >= 11 is 0. The maximum Gasteiger partial charge on any atom is 0.137 e. The second kappa shape index (κ2) is 6.64. The number of ketones is 1. The third-order valence-corrected chi connectivity index (χ3v) is 13.2. The molecule has 5 aliphatic rings. The van der Waals surface area contributed by atoms with E-state index in [9.17, 15) is 9.90 Å². The van der Waals surface area contributed by atoms with Crippen molar-refractivity contribution >= 4 is 5.78 Å². The molecule has 5 rings (SSSR count). The number of hydrogen-bond acceptors (Lipinski definition) is 2.